The van der Waals surface area contributed by atoms with E-state index in [2.05, 4.69) is 5.32 Å². The van der Waals surface area contributed by atoms with E-state index in [-0.39, 0.29) is 24.5 Å². The van der Waals surface area contributed by atoms with Crippen molar-refractivity contribution >= 4 is 29.4 Å². The number of amides is 2. The molecule has 2 heterocycles. The summed E-state index contributed by atoms with van der Waals surface area (Å²) >= 11 is 6.08. The fourth-order valence-electron chi connectivity index (χ4n) is 4.73. The minimum Gasteiger partial charge on any atom is -0.497 e. The van der Waals surface area contributed by atoms with Gasteiger partial charge in [-0.05, 0) is 67.8 Å². The molecule has 4 aromatic rings. The minimum atomic E-state index is -0.364. The van der Waals surface area contributed by atoms with E-state index in [9.17, 15) is 9.59 Å². The van der Waals surface area contributed by atoms with E-state index in [1.54, 1.807) is 43.5 Å². The maximum absolute atomic E-state index is 13.5. The first-order valence-corrected chi connectivity index (χ1v) is 13.5. The van der Waals surface area contributed by atoms with Gasteiger partial charge >= 0.3 is 0 Å². The summed E-state index contributed by atoms with van der Waals surface area (Å²) in [6.45, 7) is 2.81. The van der Waals surface area contributed by atoms with E-state index in [1.165, 1.54) is 4.90 Å². The Morgan fingerprint density at radius 2 is 1.93 bits per heavy atom. The molecule has 1 aliphatic heterocycles. The van der Waals surface area contributed by atoms with E-state index >= 15 is 0 Å². The van der Waals surface area contributed by atoms with Gasteiger partial charge in [-0.15, -0.1) is 0 Å². The van der Waals surface area contributed by atoms with E-state index < -0.39 is 0 Å². The monoisotopic (exact) mass is 558 g/mol. The van der Waals surface area contributed by atoms with Gasteiger partial charge in [0.25, 0.3) is 5.91 Å². The van der Waals surface area contributed by atoms with Crippen molar-refractivity contribution in [2.24, 2.45) is 0 Å². The lowest BCUT2D eigenvalue weighted by Crippen LogP contribution is -2.42. The Kier molecular flexibility index (Phi) is 8.48. The van der Waals surface area contributed by atoms with Gasteiger partial charge in [0.05, 0.1) is 18.9 Å². The van der Waals surface area contributed by atoms with Gasteiger partial charge < -0.3 is 14.4 Å². The summed E-state index contributed by atoms with van der Waals surface area (Å²) in [6.07, 6.45) is 3.53. The Balaban J connectivity index is 1.42. The molecule has 9 heteroatoms. The van der Waals surface area contributed by atoms with Crippen molar-refractivity contribution in [3.05, 3.63) is 95.1 Å². The third kappa shape index (κ3) is 6.52. The fraction of sp³-hybridized carbons (Fsp3) is 0.258. The molecule has 206 valence electrons. The number of hydrogen-bond donors (Lipinski definition) is 1. The number of ether oxygens (including phenoxy) is 2. The molecule has 1 unspecified atom stereocenters. The number of anilines is 1. The van der Waals surface area contributed by atoms with Crippen molar-refractivity contribution in [3.63, 3.8) is 0 Å². The fourth-order valence-corrected chi connectivity index (χ4v) is 4.86. The molecule has 2 amide bonds. The van der Waals surface area contributed by atoms with Crippen LogP contribution in [0.15, 0.2) is 79.0 Å². The molecule has 1 saturated heterocycles. The Morgan fingerprint density at radius 3 is 2.65 bits per heavy atom. The van der Waals surface area contributed by atoms with Crippen molar-refractivity contribution in [2.45, 2.75) is 25.9 Å². The van der Waals surface area contributed by atoms with Crippen LogP contribution in [0, 0.1) is 6.92 Å². The summed E-state index contributed by atoms with van der Waals surface area (Å²) in [5.74, 6) is 0.290. The molecule has 40 heavy (non-hydrogen) atoms. The zero-order valence-electron chi connectivity index (χ0n) is 22.5. The molecule has 1 N–H and O–H groups in total. The van der Waals surface area contributed by atoms with Crippen LogP contribution in [0.25, 0.3) is 16.9 Å². The molecule has 1 aliphatic rings. The molecule has 0 spiro atoms. The topological polar surface area (TPSA) is 85.7 Å². The number of imidazole rings is 1. The second-order valence-electron chi connectivity index (χ2n) is 9.77. The first-order valence-electron chi connectivity index (χ1n) is 13.2. The number of halogens is 1. The quantitative estimate of drug-likeness (QED) is 0.282. The van der Waals surface area contributed by atoms with Crippen molar-refractivity contribution in [1.82, 2.24) is 14.5 Å². The van der Waals surface area contributed by atoms with Gasteiger partial charge in [-0.25, -0.2) is 4.98 Å². The standard InChI is InChI=1S/C31H31ClN4O4/c1-21-6-3-8-25(16-21)36-19-28(22-11-13-24(32)14-12-22)33-31(36)34-29(37)20-35(18-27-10-5-15-40-27)30(38)23-7-4-9-26(17-23)39-2/h3-4,6-9,11-14,16-17,19,27H,5,10,15,18,20H2,1-2H3,(H,33,34,37). The van der Waals surface area contributed by atoms with Crippen LogP contribution in [0.2, 0.25) is 5.02 Å². The number of nitrogens with zero attached hydrogens (tertiary/aromatic N) is 3. The van der Waals surface area contributed by atoms with Gasteiger partial charge in [-0.2, -0.15) is 0 Å². The first kappa shape index (κ1) is 27.4. The van der Waals surface area contributed by atoms with Crippen LogP contribution in [-0.2, 0) is 9.53 Å². The van der Waals surface area contributed by atoms with Crippen LogP contribution in [0.1, 0.15) is 28.8 Å². The summed E-state index contributed by atoms with van der Waals surface area (Å²) in [6, 6.07) is 22.2. The van der Waals surface area contributed by atoms with Crippen LogP contribution in [0.4, 0.5) is 5.95 Å². The number of carbonyl (C=O) groups is 2. The van der Waals surface area contributed by atoms with Crippen molar-refractivity contribution < 1.29 is 19.1 Å². The highest BCUT2D eigenvalue weighted by Crippen LogP contribution is 2.26. The highest BCUT2D eigenvalue weighted by molar-refractivity contribution is 6.30. The smallest absolute Gasteiger partial charge is 0.254 e. The summed E-state index contributed by atoms with van der Waals surface area (Å²) < 4.78 is 12.9. The number of aromatic nitrogens is 2. The zero-order valence-corrected chi connectivity index (χ0v) is 23.2. The number of methoxy groups -OCH3 is 1. The predicted molar refractivity (Wildman–Crippen MR) is 155 cm³/mol. The van der Waals surface area contributed by atoms with Gasteiger partial charge in [0.2, 0.25) is 11.9 Å². The average Bonchev–Trinajstić information content (AvgIpc) is 3.63. The van der Waals surface area contributed by atoms with Gasteiger partial charge in [0.1, 0.15) is 12.3 Å². The Hall–Kier alpha value is -4.14. The maximum atomic E-state index is 13.5. The Morgan fingerprint density at radius 1 is 1.12 bits per heavy atom. The van der Waals surface area contributed by atoms with Crippen molar-refractivity contribution in [3.8, 4) is 22.7 Å². The van der Waals surface area contributed by atoms with Gasteiger partial charge in [0, 0.05) is 41.2 Å². The number of nitrogens with one attached hydrogen (secondary N) is 1. The lowest BCUT2D eigenvalue weighted by Gasteiger charge is -2.25. The number of rotatable bonds is 9. The van der Waals surface area contributed by atoms with Gasteiger partial charge in [0.15, 0.2) is 0 Å². The lowest BCUT2D eigenvalue weighted by molar-refractivity contribution is -0.117. The summed E-state index contributed by atoms with van der Waals surface area (Å²) in [5.41, 5.74) is 3.91. The molecule has 0 saturated carbocycles. The SMILES string of the molecule is COc1cccc(C(=O)N(CC(=O)Nc2nc(-c3ccc(Cl)cc3)cn2-c2cccc(C)c2)CC2CCCO2)c1. The van der Waals surface area contributed by atoms with Crippen LogP contribution >= 0.6 is 11.6 Å². The van der Waals surface area contributed by atoms with Crippen molar-refractivity contribution in [1.29, 1.82) is 0 Å². The molecule has 3 aromatic carbocycles. The third-order valence-electron chi connectivity index (χ3n) is 6.76. The van der Waals surface area contributed by atoms with Crippen LogP contribution in [0.5, 0.6) is 5.75 Å². The van der Waals surface area contributed by atoms with Crippen LogP contribution < -0.4 is 10.1 Å². The number of hydrogen-bond acceptors (Lipinski definition) is 5. The Labute approximate surface area is 238 Å². The van der Waals surface area contributed by atoms with Crippen LogP contribution in [-0.4, -0.2) is 59.2 Å². The van der Waals surface area contributed by atoms with Crippen LogP contribution in [0.3, 0.4) is 0 Å². The highest BCUT2D eigenvalue weighted by Gasteiger charge is 2.26. The summed E-state index contributed by atoms with van der Waals surface area (Å²) in [7, 11) is 1.55. The summed E-state index contributed by atoms with van der Waals surface area (Å²) in [4.78, 5) is 33.3. The zero-order chi connectivity index (χ0) is 28.1. The molecular weight excluding hydrogens is 528 g/mol. The molecule has 1 fully saturated rings. The van der Waals surface area contributed by atoms with E-state index in [0.717, 1.165) is 29.7 Å². The third-order valence-corrected chi connectivity index (χ3v) is 7.02. The minimum absolute atomic E-state index is 0.117. The Bertz CT molecular complexity index is 1500. The molecule has 5 rings (SSSR count). The number of benzene rings is 3. The normalized spacial score (nSPS) is 14.6. The van der Waals surface area contributed by atoms with E-state index in [4.69, 9.17) is 26.1 Å². The largest absolute Gasteiger partial charge is 0.497 e. The molecular formula is C31H31ClN4O4. The number of aryl methyl sites for hydroxylation is 1. The second-order valence-corrected chi connectivity index (χ2v) is 10.2. The molecule has 1 aromatic heterocycles. The lowest BCUT2D eigenvalue weighted by atomic mass is 10.1. The van der Waals surface area contributed by atoms with E-state index in [1.807, 2.05) is 54.1 Å². The summed E-state index contributed by atoms with van der Waals surface area (Å²) in [5, 5.41) is 3.57. The highest BCUT2D eigenvalue weighted by atomic mass is 35.5. The van der Waals surface area contributed by atoms with Gasteiger partial charge in [-0.1, -0.05) is 41.9 Å². The van der Waals surface area contributed by atoms with Crippen molar-refractivity contribution in [2.75, 3.05) is 32.1 Å². The molecule has 0 aliphatic carbocycles. The molecule has 0 radical (unpaired) electrons. The van der Waals surface area contributed by atoms with Gasteiger partial charge in [-0.3, -0.25) is 19.5 Å². The molecule has 1 atom stereocenters. The first-order chi connectivity index (χ1) is 19.4. The molecule has 8 nitrogen and oxygen atoms in total. The predicted octanol–water partition coefficient (Wildman–Crippen LogP) is 5.77. The molecule has 0 bridgehead atoms. The van der Waals surface area contributed by atoms with E-state index in [0.29, 0.717) is 41.1 Å². The second kappa shape index (κ2) is 12.4. The number of carbonyl (C=O) groups excluding carboxylic acids is 2. The maximum Gasteiger partial charge on any atom is 0.254 e. The average molecular weight is 559 g/mol.